The molecule has 0 bridgehead atoms. The number of rotatable bonds is 9. The molecule has 0 radical (unpaired) electrons. The molecule has 172 valence electrons. The quantitative estimate of drug-likeness (QED) is 0.280. The Morgan fingerprint density at radius 1 is 1.18 bits per heavy atom. The molecule has 2 aromatic heterocycles. The number of aromatic nitrogens is 4. The predicted molar refractivity (Wildman–Crippen MR) is 135 cm³/mol. The van der Waals surface area contributed by atoms with Gasteiger partial charge in [-0.2, -0.15) is 10.2 Å². The summed E-state index contributed by atoms with van der Waals surface area (Å²) in [6.45, 7) is 8.47. The van der Waals surface area contributed by atoms with Crippen LogP contribution in [0.15, 0.2) is 71.5 Å². The van der Waals surface area contributed by atoms with E-state index in [9.17, 15) is 4.79 Å². The number of benzene rings is 1. The topological polar surface area (TPSA) is 77.1 Å². The van der Waals surface area contributed by atoms with Gasteiger partial charge in [0.1, 0.15) is 0 Å². The number of carbonyl (C=O) groups excluding carboxylic acids is 1. The van der Waals surface area contributed by atoms with Gasteiger partial charge in [-0.25, -0.2) is 0 Å². The fourth-order valence-electron chi connectivity index (χ4n) is 3.52. The molecule has 1 amide bonds. The van der Waals surface area contributed by atoms with Gasteiger partial charge < -0.3 is 5.32 Å². The van der Waals surface area contributed by atoms with Crippen molar-refractivity contribution in [2.24, 2.45) is 12.0 Å². The number of aryl methyl sites for hydroxylation is 2. The molecule has 0 spiro atoms. The molecule has 0 unspecified atom stereocenters. The van der Waals surface area contributed by atoms with Crippen LogP contribution in [0.3, 0.4) is 0 Å². The highest BCUT2D eigenvalue weighted by Gasteiger charge is 2.16. The summed E-state index contributed by atoms with van der Waals surface area (Å²) in [4.78, 5) is 17.5. The maximum absolute atomic E-state index is 13.0. The number of hydrogen-bond donors (Lipinski definition) is 1. The maximum Gasteiger partial charge on any atom is 0.253 e. The van der Waals surface area contributed by atoms with E-state index in [2.05, 4.69) is 22.3 Å². The normalized spacial score (nSPS) is 13.0. The molecular weight excluding hydrogens is 412 g/mol. The van der Waals surface area contributed by atoms with E-state index in [1.165, 1.54) is 0 Å². The number of anilines is 1. The largest absolute Gasteiger partial charge is 0.322 e. The average Bonchev–Trinajstić information content (AvgIpc) is 3.38. The fraction of sp³-hybridized carbons (Fsp3) is 0.308. The Labute approximate surface area is 195 Å². The van der Waals surface area contributed by atoms with E-state index in [-0.39, 0.29) is 5.91 Å². The Balaban J connectivity index is 1.89. The monoisotopic (exact) mass is 444 g/mol. The number of amides is 1. The van der Waals surface area contributed by atoms with E-state index in [0.717, 1.165) is 40.1 Å². The third-order valence-corrected chi connectivity index (χ3v) is 5.25. The molecule has 0 saturated carbocycles. The average molecular weight is 445 g/mol. The third kappa shape index (κ3) is 5.94. The molecule has 7 heteroatoms. The van der Waals surface area contributed by atoms with E-state index in [4.69, 9.17) is 5.10 Å². The fourth-order valence-corrected chi connectivity index (χ4v) is 3.52. The summed E-state index contributed by atoms with van der Waals surface area (Å²) < 4.78 is 3.74. The molecule has 0 saturated heterocycles. The molecular formula is C26H32N6O. The van der Waals surface area contributed by atoms with Crippen LogP contribution in [0.5, 0.6) is 0 Å². The molecule has 3 aromatic rings. The summed E-state index contributed by atoms with van der Waals surface area (Å²) in [6.07, 6.45) is 12.6. The van der Waals surface area contributed by atoms with Crippen LogP contribution in [-0.4, -0.2) is 31.2 Å². The van der Waals surface area contributed by atoms with E-state index >= 15 is 0 Å². The van der Waals surface area contributed by atoms with Crippen LogP contribution >= 0.6 is 0 Å². The molecule has 0 aliphatic carbocycles. The highest BCUT2D eigenvalue weighted by molar-refractivity contribution is 6.09. The number of hydrogen-bond acceptors (Lipinski definition) is 4. The van der Waals surface area contributed by atoms with Crippen molar-refractivity contribution in [1.29, 1.82) is 0 Å². The lowest BCUT2D eigenvalue weighted by atomic mass is 10.1. The minimum absolute atomic E-state index is 0.154. The van der Waals surface area contributed by atoms with Crippen molar-refractivity contribution in [3.05, 3.63) is 77.9 Å². The van der Waals surface area contributed by atoms with Crippen LogP contribution in [0.25, 0.3) is 10.9 Å². The maximum atomic E-state index is 13.0. The van der Waals surface area contributed by atoms with Crippen molar-refractivity contribution in [1.82, 2.24) is 19.6 Å². The number of nitrogens with one attached hydrogen (secondary N) is 1. The van der Waals surface area contributed by atoms with Crippen LogP contribution < -0.4 is 5.32 Å². The summed E-state index contributed by atoms with van der Waals surface area (Å²) in [5.41, 5.74) is 5.06. The zero-order valence-electron chi connectivity index (χ0n) is 20.0. The van der Waals surface area contributed by atoms with Crippen molar-refractivity contribution in [2.45, 2.75) is 47.1 Å². The lowest BCUT2D eigenvalue weighted by Gasteiger charge is -2.09. The molecule has 33 heavy (non-hydrogen) atoms. The van der Waals surface area contributed by atoms with Gasteiger partial charge in [0.05, 0.1) is 29.1 Å². The smallest absolute Gasteiger partial charge is 0.253 e. The van der Waals surface area contributed by atoms with E-state index < -0.39 is 0 Å². The zero-order chi connectivity index (χ0) is 23.8. The van der Waals surface area contributed by atoms with Gasteiger partial charge in [0.25, 0.3) is 5.91 Å². The molecule has 3 rings (SSSR count). The van der Waals surface area contributed by atoms with Crippen molar-refractivity contribution < 1.29 is 4.79 Å². The first-order valence-electron chi connectivity index (χ1n) is 11.3. The SMILES string of the molecule is C\C=C/C=C\C(C)=N\C=C(/CC)C(=O)Nc1cccc2c1c(CC)nn2Cc1ccn(C)n1. The van der Waals surface area contributed by atoms with Gasteiger partial charge in [0, 0.05) is 36.1 Å². The van der Waals surface area contributed by atoms with Crippen molar-refractivity contribution >= 4 is 28.2 Å². The van der Waals surface area contributed by atoms with Gasteiger partial charge >= 0.3 is 0 Å². The van der Waals surface area contributed by atoms with Gasteiger partial charge in [-0.15, -0.1) is 0 Å². The number of nitrogens with zero attached hydrogens (tertiary/aromatic N) is 5. The van der Waals surface area contributed by atoms with Gasteiger partial charge in [-0.1, -0.05) is 38.1 Å². The number of allylic oxidation sites excluding steroid dienone is 4. The molecule has 0 aliphatic heterocycles. The summed E-state index contributed by atoms with van der Waals surface area (Å²) in [5.74, 6) is -0.154. The minimum atomic E-state index is -0.154. The van der Waals surface area contributed by atoms with E-state index in [1.807, 2.05) is 87.3 Å². The van der Waals surface area contributed by atoms with Crippen LogP contribution in [0.4, 0.5) is 5.69 Å². The van der Waals surface area contributed by atoms with Crippen LogP contribution in [0, 0.1) is 0 Å². The Morgan fingerprint density at radius 3 is 2.67 bits per heavy atom. The van der Waals surface area contributed by atoms with Crippen molar-refractivity contribution in [2.75, 3.05) is 5.32 Å². The number of aliphatic imine (C=N–C) groups is 1. The second kappa shape index (κ2) is 11.2. The zero-order valence-corrected chi connectivity index (χ0v) is 20.0. The molecule has 0 aliphatic rings. The van der Waals surface area contributed by atoms with E-state index in [1.54, 1.807) is 10.9 Å². The lowest BCUT2D eigenvalue weighted by Crippen LogP contribution is -2.14. The second-order valence-corrected chi connectivity index (χ2v) is 7.76. The Kier molecular flexibility index (Phi) is 8.13. The lowest BCUT2D eigenvalue weighted by molar-refractivity contribution is -0.113. The highest BCUT2D eigenvalue weighted by atomic mass is 16.1. The van der Waals surface area contributed by atoms with E-state index in [0.29, 0.717) is 18.5 Å². The van der Waals surface area contributed by atoms with Crippen molar-refractivity contribution in [3.63, 3.8) is 0 Å². The first-order valence-corrected chi connectivity index (χ1v) is 11.3. The summed E-state index contributed by atoms with van der Waals surface area (Å²) in [5, 5.41) is 13.3. The van der Waals surface area contributed by atoms with Crippen LogP contribution in [0.2, 0.25) is 0 Å². The van der Waals surface area contributed by atoms with Gasteiger partial charge in [0.2, 0.25) is 0 Å². The first kappa shape index (κ1) is 23.9. The summed E-state index contributed by atoms with van der Waals surface area (Å²) >= 11 is 0. The second-order valence-electron chi connectivity index (χ2n) is 7.76. The Hall–Kier alpha value is -3.74. The summed E-state index contributed by atoms with van der Waals surface area (Å²) in [7, 11) is 1.90. The molecule has 1 N–H and O–H groups in total. The number of carbonyl (C=O) groups is 1. The standard InChI is InChI=1S/C26H32N6O/c1-6-9-10-12-19(4)27-17-20(7-2)26(33)28-23-13-11-14-24-25(23)22(8-3)30-32(24)18-21-15-16-31(5)29-21/h6,9-17H,7-8,18H2,1-5H3,(H,28,33)/b9-6-,12-10-,20-17+,27-19+. The summed E-state index contributed by atoms with van der Waals surface area (Å²) in [6, 6.07) is 7.88. The molecule has 0 fully saturated rings. The van der Waals surface area contributed by atoms with Gasteiger partial charge in [-0.05, 0) is 51.0 Å². The Morgan fingerprint density at radius 2 is 2.00 bits per heavy atom. The van der Waals surface area contributed by atoms with Crippen LogP contribution in [-0.2, 0) is 24.8 Å². The minimum Gasteiger partial charge on any atom is -0.322 e. The molecule has 0 atom stereocenters. The van der Waals surface area contributed by atoms with Crippen LogP contribution in [0.1, 0.15) is 45.5 Å². The molecule has 1 aromatic carbocycles. The Bertz CT molecular complexity index is 1240. The molecule has 7 nitrogen and oxygen atoms in total. The predicted octanol–water partition coefficient (Wildman–Crippen LogP) is 5.21. The number of fused-ring (bicyclic) bond motifs is 1. The molecule has 2 heterocycles. The highest BCUT2D eigenvalue weighted by Crippen LogP contribution is 2.28. The van der Waals surface area contributed by atoms with Gasteiger partial charge in [0.15, 0.2) is 0 Å². The van der Waals surface area contributed by atoms with Gasteiger partial charge in [-0.3, -0.25) is 19.2 Å². The third-order valence-electron chi connectivity index (χ3n) is 5.25. The first-order chi connectivity index (χ1) is 16.0. The van der Waals surface area contributed by atoms with Crippen molar-refractivity contribution in [3.8, 4) is 0 Å².